The lowest BCUT2D eigenvalue weighted by molar-refractivity contribution is 0.222. The zero-order chi connectivity index (χ0) is 23.3. The van der Waals surface area contributed by atoms with Crippen molar-refractivity contribution in [1.82, 2.24) is 14.4 Å². The Morgan fingerprint density at radius 2 is 1.76 bits per heavy atom. The number of hydrogen-bond acceptors (Lipinski definition) is 6. The zero-order valence-corrected chi connectivity index (χ0v) is 19.4. The molecule has 2 aromatic carbocycles. The Morgan fingerprint density at radius 3 is 2.45 bits per heavy atom. The quantitative estimate of drug-likeness (QED) is 0.405. The Bertz CT molecular complexity index is 1420. The summed E-state index contributed by atoms with van der Waals surface area (Å²) in [6, 6.07) is 10.7. The van der Waals surface area contributed by atoms with Gasteiger partial charge in [0, 0.05) is 29.6 Å². The lowest BCUT2D eigenvalue weighted by Gasteiger charge is -2.34. The molecule has 0 spiro atoms. The van der Waals surface area contributed by atoms with Crippen LogP contribution in [0.1, 0.15) is 25.8 Å². The average molecular weight is 470 g/mol. The monoisotopic (exact) mass is 469 g/mol. The molecule has 1 aliphatic rings. The number of sulfonamides is 1. The summed E-state index contributed by atoms with van der Waals surface area (Å²) in [7, 11) is -3.62. The lowest BCUT2D eigenvalue weighted by atomic mass is 9.94. The first-order valence-corrected chi connectivity index (χ1v) is 12.3. The zero-order valence-electron chi connectivity index (χ0n) is 18.6. The maximum atomic E-state index is 13.3. The van der Waals surface area contributed by atoms with Crippen molar-refractivity contribution in [1.29, 1.82) is 0 Å². The van der Waals surface area contributed by atoms with E-state index in [0.29, 0.717) is 58.6 Å². The van der Waals surface area contributed by atoms with Gasteiger partial charge >= 0.3 is 0 Å². The Morgan fingerprint density at radius 1 is 1.06 bits per heavy atom. The van der Waals surface area contributed by atoms with Crippen LogP contribution in [-0.4, -0.2) is 36.0 Å². The van der Waals surface area contributed by atoms with Crippen molar-refractivity contribution in [2.75, 3.05) is 13.1 Å². The summed E-state index contributed by atoms with van der Waals surface area (Å²) >= 11 is 0. The predicted octanol–water partition coefficient (Wildman–Crippen LogP) is 5.26. The molecule has 0 aliphatic carbocycles. The number of halogens is 1. The summed E-state index contributed by atoms with van der Waals surface area (Å²) in [5.41, 5.74) is 1.85. The number of aryl methyl sites for hydroxylation is 1. The van der Waals surface area contributed by atoms with E-state index >= 15 is 0 Å². The largest absolute Gasteiger partial charge is 0.451 e. The molecule has 0 saturated carbocycles. The Hall–Kier alpha value is -3.04. The topological polar surface area (TPSA) is 89.4 Å². The minimum atomic E-state index is -3.62. The van der Waals surface area contributed by atoms with Crippen LogP contribution >= 0.6 is 0 Å². The van der Waals surface area contributed by atoms with Crippen LogP contribution in [0.2, 0.25) is 0 Å². The Balaban J connectivity index is 1.50. The van der Waals surface area contributed by atoms with Crippen LogP contribution in [0.5, 0.6) is 0 Å². The SMILES string of the molecule is Cc1c(-c2nc(-c3ccc(F)cc3)no2)oc2ccc(S(=O)(=O)N3C[C@@H](C)C[C@H](C)C3)cc12. The van der Waals surface area contributed by atoms with Crippen molar-refractivity contribution < 1.29 is 21.7 Å². The van der Waals surface area contributed by atoms with E-state index in [1.165, 1.54) is 12.1 Å². The number of nitrogens with zero attached hydrogens (tertiary/aromatic N) is 3. The van der Waals surface area contributed by atoms with Gasteiger partial charge in [-0.2, -0.15) is 9.29 Å². The molecule has 0 radical (unpaired) electrons. The second-order valence-corrected chi connectivity index (χ2v) is 10.9. The van der Waals surface area contributed by atoms with E-state index in [-0.39, 0.29) is 16.6 Å². The second-order valence-electron chi connectivity index (χ2n) is 8.91. The van der Waals surface area contributed by atoms with E-state index < -0.39 is 10.0 Å². The van der Waals surface area contributed by atoms with Crippen LogP contribution in [0.25, 0.3) is 34.0 Å². The van der Waals surface area contributed by atoms with E-state index in [1.54, 1.807) is 34.6 Å². The minimum absolute atomic E-state index is 0.172. The van der Waals surface area contributed by atoms with Gasteiger partial charge in [0.15, 0.2) is 5.76 Å². The number of fused-ring (bicyclic) bond motifs is 1. The number of furan rings is 1. The third-order valence-electron chi connectivity index (χ3n) is 6.10. The van der Waals surface area contributed by atoms with Gasteiger partial charge in [0.05, 0.1) is 4.90 Å². The van der Waals surface area contributed by atoms with Gasteiger partial charge in [0.25, 0.3) is 5.89 Å². The molecule has 9 heteroatoms. The van der Waals surface area contributed by atoms with Crippen LogP contribution in [0, 0.1) is 24.6 Å². The molecular weight excluding hydrogens is 445 g/mol. The molecule has 3 heterocycles. The molecule has 1 fully saturated rings. The van der Waals surface area contributed by atoms with Crippen LogP contribution < -0.4 is 0 Å². The highest BCUT2D eigenvalue weighted by atomic mass is 32.2. The predicted molar refractivity (Wildman–Crippen MR) is 121 cm³/mol. The molecule has 0 N–H and O–H groups in total. The maximum absolute atomic E-state index is 13.3. The summed E-state index contributed by atoms with van der Waals surface area (Å²) in [5.74, 6) is 1.15. The van der Waals surface area contributed by atoms with Crippen LogP contribution in [0.15, 0.2) is 56.3 Å². The normalized spacial score (nSPS) is 19.9. The highest BCUT2D eigenvalue weighted by molar-refractivity contribution is 7.89. The van der Waals surface area contributed by atoms with Crippen molar-refractivity contribution in [3.05, 3.63) is 53.8 Å². The lowest BCUT2D eigenvalue weighted by Crippen LogP contribution is -2.42. The van der Waals surface area contributed by atoms with Gasteiger partial charge in [-0.3, -0.25) is 0 Å². The first kappa shape index (κ1) is 21.8. The fraction of sp³-hybridized carbons (Fsp3) is 0.333. The van der Waals surface area contributed by atoms with Gasteiger partial charge in [-0.15, -0.1) is 0 Å². The molecule has 172 valence electrons. The first-order valence-electron chi connectivity index (χ1n) is 10.9. The van der Waals surface area contributed by atoms with Crippen LogP contribution in [-0.2, 0) is 10.0 Å². The summed E-state index contributed by atoms with van der Waals surface area (Å²) in [6.07, 6.45) is 1.03. The van der Waals surface area contributed by atoms with Crippen molar-refractivity contribution in [3.63, 3.8) is 0 Å². The van der Waals surface area contributed by atoms with Gasteiger partial charge in [0.2, 0.25) is 15.8 Å². The maximum Gasteiger partial charge on any atom is 0.294 e. The number of benzene rings is 2. The van der Waals surface area contributed by atoms with E-state index in [2.05, 4.69) is 24.0 Å². The van der Waals surface area contributed by atoms with Crippen LogP contribution in [0.3, 0.4) is 0 Å². The molecule has 4 aromatic rings. The molecule has 0 bridgehead atoms. The molecular formula is C24H24FN3O4S. The van der Waals surface area contributed by atoms with Crippen molar-refractivity contribution in [3.8, 4) is 23.0 Å². The Labute approximate surface area is 191 Å². The van der Waals surface area contributed by atoms with E-state index in [9.17, 15) is 12.8 Å². The average Bonchev–Trinajstić information content (AvgIpc) is 3.38. The van der Waals surface area contributed by atoms with E-state index in [4.69, 9.17) is 8.94 Å². The number of piperidine rings is 1. The molecule has 7 nitrogen and oxygen atoms in total. The van der Waals surface area contributed by atoms with Crippen molar-refractivity contribution >= 4 is 21.0 Å². The minimum Gasteiger partial charge on any atom is -0.451 e. The molecule has 1 aliphatic heterocycles. The second kappa shape index (κ2) is 8.07. The van der Waals surface area contributed by atoms with Gasteiger partial charge in [-0.05, 0) is 67.6 Å². The summed E-state index contributed by atoms with van der Waals surface area (Å²) < 4.78 is 52.7. The van der Waals surface area contributed by atoms with Crippen molar-refractivity contribution in [2.24, 2.45) is 11.8 Å². The van der Waals surface area contributed by atoms with Crippen molar-refractivity contribution in [2.45, 2.75) is 32.1 Å². The molecule has 0 amide bonds. The molecule has 1 saturated heterocycles. The van der Waals surface area contributed by atoms with Gasteiger partial charge in [-0.25, -0.2) is 12.8 Å². The molecule has 2 atom stereocenters. The number of aromatic nitrogens is 2. The molecule has 5 rings (SSSR count). The number of hydrogen-bond donors (Lipinski definition) is 0. The summed E-state index contributed by atoms with van der Waals surface area (Å²) in [5, 5.41) is 4.64. The number of rotatable bonds is 4. The van der Waals surface area contributed by atoms with Gasteiger partial charge in [-0.1, -0.05) is 19.0 Å². The Kier molecular flexibility index (Phi) is 5.33. The summed E-state index contributed by atoms with van der Waals surface area (Å²) in [4.78, 5) is 4.62. The standard InChI is InChI=1S/C24H24FN3O4S/c1-14-10-15(2)13-28(12-14)33(29,30)19-8-9-21-20(11-19)16(3)22(31-21)24-26-23(27-32-24)17-4-6-18(25)7-5-17/h4-9,11,14-15H,10,12-13H2,1-3H3/t14-,15-/m0/s1. The molecule has 33 heavy (non-hydrogen) atoms. The fourth-order valence-corrected chi connectivity index (χ4v) is 6.25. The van der Waals surface area contributed by atoms with E-state index in [1.807, 2.05) is 6.92 Å². The smallest absolute Gasteiger partial charge is 0.294 e. The van der Waals surface area contributed by atoms with Gasteiger partial charge < -0.3 is 8.94 Å². The summed E-state index contributed by atoms with van der Waals surface area (Å²) in [6.45, 7) is 7.03. The highest BCUT2D eigenvalue weighted by Crippen LogP contribution is 2.35. The molecule has 2 aromatic heterocycles. The van der Waals surface area contributed by atoms with Gasteiger partial charge in [0.1, 0.15) is 11.4 Å². The fourth-order valence-electron chi connectivity index (χ4n) is 4.55. The molecule has 0 unspecified atom stereocenters. The highest BCUT2D eigenvalue weighted by Gasteiger charge is 2.32. The third kappa shape index (κ3) is 3.95. The first-order chi connectivity index (χ1) is 15.7. The van der Waals surface area contributed by atoms with Crippen LogP contribution in [0.4, 0.5) is 4.39 Å². The van der Waals surface area contributed by atoms with E-state index in [0.717, 1.165) is 6.42 Å². The third-order valence-corrected chi connectivity index (χ3v) is 7.93.